The summed E-state index contributed by atoms with van der Waals surface area (Å²) < 4.78 is 0. The summed E-state index contributed by atoms with van der Waals surface area (Å²) in [5, 5.41) is 3.86. The van der Waals surface area contributed by atoms with Gasteiger partial charge in [-0.25, -0.2) is 0 Å². The predicted octanol–water partition coefficient (Wildman–Crippen LogP) is 2.69. The van der Waals surface area contributed by atoms with Gasteiger partial charge >= 0.3 is 0 Å². The molecule has 14 heavy (non-hydrogen) atoms. The van der Waals surface area contributed by atoms with E-state index in [0.717, 1.165) is 16.4 Å². The quantitative estimate of drug-likeness (QED) is 0.589. The zero-order chi connectivity index (χ0) is 10.6. The highest BCUT2D eigenvalue weighted by atomic mass is 35.5. The van der Waals surface area contributed by atoms with E-state index in [1.54, 1.807) is 7.05 Å². The first-order valence-electron chi connectivity index (χ1n) is 4.59. The number of aliphatic imine (C=N–C) groups is 1. The number of nitrogens with one attached hydrogen (secondary N) is 1. The van der Waals surface area contributed by atoms with Gasteiger partial charge in [0.15, 0.2) is 0 Å². The molecule has 0 aliphatic carbocycles. The van der Waals surface area contributed by atoms with Crippen LogP contribution in [0.15, 0.2) is 29.3 Å². The van der Waals surface area contributed by atoms with E-state index < -0.39 is 0 Å². The monoisotopic (exact) mass is 210 g/mol. The van der Waals surface area contributed by atoms with E-state index in [0.29, 0.717) is 0 Å². The molecule has 76 valence electrons. The molecule has 0 fully saturated rings. The Bertz CT molecular complexity index is 334. The van der Waals surface area contributed by atoms with Gasteiger partial charge in [-0.15, -0.1) is 0 Å². The van der Waals surface area contributed by atoms with Gasteiger partial charge < -0.3 is 5.32 Å². The minimum absolute atomic E-state index is 0.207. The first-order valence-corrected chi connectivity index (χ1v) is 4.97. The van der Waals surface area contributed by atoms with Crippen LogP contribution in [0.2, 0.25) is 5.02 Å². The highest BCUT2D eigenvalue weighted by Gasteiger charge is 2.13. The summed E-state index contributed by atoms with van der Waals surface area (Å²) in [6.45, 7) is 2.08. The summed E-state index contributed by atoms with van der Waals surface area (Å²) in [7, 11) is 3.65. The fraction of sp³-hybridized carbons (Fsp3) is 0.364. The largest absolute Gasteiger partial charge is 0.376 e. The van der Waals surface area contributed by atoms with Gasteiger partial charge in [0.05, 0.1) is 0 Å². The Hall–Kier alpha value is -1.02. The van der Waals surface area contributed by atoms with Crippen molar-refractivity contribution in [1.29, 1.82) is 0 Å². The van der Waals surface area contributed by atoms with Crippen LogP contribution >= 0.6 is 11.6 Å². The van der Waals surface area contributed by atoms with Crippen molar-refractivity contribution in [2.45, 2.75) is 12.8 Å². The number of rotatable bonds is 2. The average Bonchev–Trinajstić information content (AvgIpc) is 2.20. The second-order valence-electron chi connectivity index (χ2n) is 3.10. The molecule has 0 aliphatic heterocycles. The van der Waals surface area contributed by atoms with E-state index >= 15 is 0 Å². The van der Waals surface area contributed by atoms with Crippen molar-refractivity contribution < 1.29 is 0 Å². The van der Waals surface area contributed by atoms with Crippen LogP contribution in [-0.4, -0.2) is 19.9 Å². The maximum absolute atomic E-state index is 6.09. The molecule has 1 atom stereocenters. The molecule has 2 nitrogen and oxygen atoms in total. The molecule has 1 aromatic carbocycles. The first kappa shape index (κ1) is 11.1. The molecule has 0 spiro atoms. The summed E-state index contributed by atoms with van der Waals surface area (Å²) >= 11 is 6.09. The van der Waals surface area contributed by atoms with Crippen molar-refractivity contribution in [2.75, 3.05) is 14.1 Å². The van der Waals surface area contributed by atoms with Crippen LogP contribution in [0.25, 0.3) is 0 Å². The number of nitrogens with zero attached hydrogens (tertiary/aromatic N) is 1. The summed E-state index contributed by atoms with van der Waals surface area (Å²) in [6, 6.07) is 7.84. The standard InChI is InChI=1S/C11H15ClN2/c1-8(11(13-2)14-3)9-6-4-5-7-10(9)12/h4-8H,1-3H3,(H,13,14). The molecule has 0 heterocycles. The van der Waals surface area contributed by atoms with Crippen LogP contribution in [0, 0.1) is 0 Å². The van der Waals surface area contributed by atoms with E-state index in [2.05, 4.69) is 17.2 Å². The summed E-state index contributed by atoms with van der Waals surface area (Å²) in [5.74, 6) is 1.15. The molecule has 0 aliphatic rings. The fourth-order valence-electron chi connectivity index (χ4n) is 1.50. The molecule has 0 saturated heterocycles. The van der Waals surface area contributed by atoms with E-state index in [1.165, 1.54) is 0 Å². The zero-order valence-corrected chi connectivity index (χ0v) is 9.47. The Morgan fingerprint density at radius 3 is 2.57 bits per heavy atom. The van der Waals surface area contributed by atoms with Crippen LogP contribution in [0.3, 0.4) is 0 Å². The molecule has 1 unspecified atom stereocenters. The minimum atomic E-state index is 0.207. The smallest absolute Gasteiger partial charge is 0.103 e. The molecule has 1 rings (SSSR count). The fourth-order valence-corrected chi connectivity index (χ4v) is 1.79. The van der Waals surface area contributed by atoms with Gasteiger partial charge in [-0.2, -0.15) is 0 Å². The number of halogens is 1. The second kappa shape index (κ2) is 5.01. The van der Waals surface area contributed by atoms with E-state index in [9.17, 15) is 0 Å². The normalized spacial score (nSPS) is 13.9. The maximum atomic E-state index is 6.09. The van der Waals surface area contributed by atoms with Gasteiger partial charge in [0.2, 0.25) is 0 Å². The van der Waals surface area contributed by atoms with Gasteiger partial charge in [0.1, 0.15) is 5.84 Å². The van der Waals surface area contributed by atoms with Gasteiger partial charge in [-0.05, 0) is 11.6 Å². The van der Waals surface area contributed by atoms with Crippen molar-refractivity contribution in [1.82, 2.24) is 5.32 Å². The van der Waals surface area contributed by atoms with Crippen molar-refractivity contribution in [2.24, 2.45) is 4.99 Å². The maximum Gasteiger partial charge on any atom is 0.103 e. The van der Waals surface area contributed by atoms with Crippen molar-refractivity contribution in [3.8, 4) is 0 Å². The third kappa shape index (κ3) is 2.26. The number of hydrogen-bond acceptors (Lipinski definition) is 1. The van der Waals surface area contributed by atoms with Crippen LogP contribution in [0.5, 0.6) is 0 Å². The molecule has 1 N–H and O–H groups in total. The molecule has 1 aromatic rings. The molecule has 3 heteroatoms. The third-order valence-corrected chi connectivity index (χ3v) is 2.62. The SMILES string of the molecule is CN=C(NC)C(C)c1ccccc1Cl. The Kier molecular flexibility index (Phi) is 3.96. The van der Waals surface area contributed by atoms with Gasteiger partial charge in [-0.3, -0.25) is 4.99 Å². The Morgan fingerprint density at radius 1 is 1.43 bits per heavy atom. The van der Waals surface area contributed by atoms with Gasteiger partial charge in [-0.1, -0.05) is 36.7 Å². The lowest BCUT2D eigenvalue weighted by molar-refractivity contribution is 0.940. The molecular weight excluding hydrogens is 196 g/mol. The summed E-state index contributed by atoms with van der Waals surface area (Å²) in [5.41, 5.74) is 1.10. The lowest BCUT2D eigenvalue weighted by atomic mass is 10.00. The summed E-state index contributed by atoms with van der Waals surface area (Å²) in [4.78, 5) is 4.17. The Balaban J connectivity index is 3.00. The molecule has 0 saturated carbocycles. The highest BCUT2D eigenvalue weighted by Crippen LogP contribution is 2.24. The zero-order valence-electron chi connectivity index (χ0n) is 8.71. The summed E-state index contributed by atoms with van der Waals surface area (Å²) in [6.07, 6.45) is 0. The highest BCUT2D eigenvalue weighted by molar-refractivity contribution is 6.31. The molecule has 0 amide bonds. The van der Waals surface area contributed by atoms with Gasteiger partial charge in [0.25, 0.3) is 0 Å². The number of benzene rings is 1. The lowest BCUT2D eigenvalue weighted by Crippen LogP contribution is -2.24. The molecule has 0 radical (unpaired) electrons. The van der Waals surface area contributed by atoms with Crippen LogP contribution in [-0.2, 0) is 0 Å². The predicted molar refractivity (Wildman–Crippen MR) is 62.3 cm³/mol. The number of hydrogen-bond donors (Lipinski definition) is 1. The van der Waals surface area contributed by atoms with Crippen LogP contribution < -0.4 is 5.32 Å². The lowest BCUT2D eigenvalue weighted by Gasteiger charge is -2.15. The number of amidine groups is 1. The Morgan fingerprint density at radius 2 is 2.07 bits per heavy atom. The molecule has 0 bridgehead atoms. The first-order chi connectivity index (χ1) is 6.70. The topological polar surface area (TPSA) is 24.4 Å². The van der Waals surface area contributed by atoms with Crippen molar-refractivity contribution in [3.05, 3.63) is 34.9 Å². The van der Waals surface area contributed by atoms with Gasteiger partial charge in [0, 0.05) is 25.0 Å². The average molecular weight is 211 g/mol. The van der Waals surface area contributed by atoms with Crippen molar-refractivity contribution in [3.63, 3.8) is 0 Å². The van der Waals surface area contributed by atoms with E-state index in [1.807, 2.05) is 31.3 Å². The number of likely N-dealkylation sites (N-methyl/N-ethyl adjacent to an activating group) is 1. The van der Waals surface area contributed by atoms with E-state index in [4.69, 9.17) is 11.6 Å². The van der Waals surface area contributed by atoms with Crippen LogP contribution in [0.4, 0.5) is 0 Å². The van der Waals surface area contributed by atoms with E-state index in [-0.39, 0.29) is 5.92 Å². The molecular formula is C11H15ClN2. The van der Waals surface area contributed by atoms with Crippen LogP contribution in [0.1, 0.15) is 18.4 Å². The second-order valence-corrected chi connectivity index (χ2v) is 3.51. The third-order valence-electron chi connectivity index (χ3n) is 2.28. The Labute approximate surface area is 90.0 Å². The minimum Gasteiger partial charge on any atom is -0.376 e. The van der Waals surface area contributed by atoms with Crippen molar-refractivity contribution >= 4 is 17.4 Å². The molecule has 0 aromatic heterocycles.